The summed E-state index contributed by atoms with van der Waals surface area (Å²) in [7, 11) is 0. The minimum Gasteiger partial charge on any atom is -0.310 e. The number of aromatic nitrogens is 2. The highest BCUT2D eigenvalue weighted by atomic mass is 15.2. The molecule has 4 nitrogen and oxygen atoms in total. The summed E-state index contributed by atoms with van der Waals surface area (Å²) in [4.78, 5) is 4.31. The van der Waals surface area contributed by atoms with Crippen molar-refractivity contribution in [1.82, 2.24) is 9.13 Å². The molecule has 14 aromatic carbocycles. The minimum atomic E-state index is -0.831. The van der Waals surface area contributed by atoms with Crippen molar-refractivity contribution >= 4 is 101 Å². The molecule has 0 atom stereocenters. The fraction of sp³-hybridized carbons (Fsp3) is 0.125. The monoisotopic (exact) mass is 1310 g/mol. The Hall–Kier alpha value is -11.7. The number of hydrogen-bond donors (Lipinski definition) is 0. The van der Waals surface area contributed by atoms with Crippen LogP contribution < -0.4 is 26.2 Å². The predicted molar refractivity (Wildman–Crippen MR) is 432 cm³/mol. The van der Waals surface area contributed by atoms with Crippen LogP contribution in [0.4, 0.5) is 34.1 Å². The average molecular weight is 1310 g/mol. The van der Waals surface area contributed by atoms with Gasteiger partial charge in [0, 0.05) is 61.1 Å². The van der Waals surface area contributed by atoms with Crippen LogP contribution in [0.3, 0.4) is 0 Å². The van der Waals surface area contributed by atoms with E-state index in [4.69, 9.17) is 9.60 Å². The van der Waals surface area contributed by atoms with Gasteiger partial charge in [-0.1, -0.05) is 292 Å². The van der Waals surface area contributed by atoms with Gasteiger partial charge in [-0.3, -0.25) is 0 Å². The van der Waals surface area contributed by atoms with E-state index in [0.717, 1.165) is 82.8 Å². The first-order valence-corrected chi connectivity index (χ1v) is 34.5. The topological polar surface area (TPSA) is 16.3 Å². The van der Waals surface area contributed by atoms with Gasteiger partial charge in [-0.25, -0.2) is 0 Å². The van der Waals surface area contributed by atoms with E-state index in [9.17, 15) is 11.0 Å². The molecule has 0 saturated heterocycles. The molecule has 2 aromatic heterocycles. The second-order valence-corrected chi connectivity index (χ2v) is 29.8. The molecule has 101 heavy (non-hydrogen) atoms. The summed E-state index contributed by atoms with van der Waals surface area (Å²) in [6.07, 6.45) is 0. The van der Waals surface area contributed by atoms with Gasteiger partial charge >= 0.3 is 0 Å². The van der Waals surface area contributed by atoms with Gasteiger partial charge in [0.25, 0.3) is 6.71 Å². The lowest BCUT2D eigenvalue weighted by Crippen LogP contribution is -2.61. The van der Waals surface area contributed by atoms with Crippen LogP contribution in [0.5, 0.6) is 0 Å². The van der Waals surface area contributed by atoms with E-state index >= 15 is 0 Å². The first-order valence-electron chi connectivity index (χ1n) is 42.0. The summed E-state index contributed by atoms with van der Waals surface area (Å²) < 4.78 is 145. The number of para-hydroxylation sites is 3. The van der Waals surface area contributed by atoms with Crippen LogP contribution in [0.2, 0.25) is 0 Å². The van der Waals surface area contributed by atoms with Gasteiger partial charge in [-0.15, -0.1) is 0 Å². The van der Waals surface area contributed by atoms with Crippen molar-refractivity contribution < 1.29 is 20.6 Å². The highest BCUT2D eigenvalue weighted by Crippen LogP contribution is 2.55. The van der Waals surface area contributed by atoms with Gasteiger partial charge in [0.15, 0.2) is 0 Å². The minimum absolute atomic E-state index is 0.0428. The summed E-state index contributed by atoms with van der Waals surface area (Å²) in [5.74, 6) is 0. The van der Waals surface area contributed by atoms with Crippen LogP contribution in [0.15, 0.2) is 315 Å². The lowest BCUT2D eigenvalue weighted by atomic mass is 9.33. The molecule has 2 aliphatic rings. The van der Waals surface area contributed by atoms with Gasteiger partial charge in [0.1, 0.15) is 0 Å². The SMILES string of the molecule is [2H]c1c([2H])c([2H])c(-c2ccc3c(c2)N(c2c(-c4ccccc4)cc(C(C)(C)C)cc2-c2ccccc2)c2cc(-c4c([2H])c([2H])c([2H])c([2H])c4[2H])cc4c2B3c2ccc(-c3c([2H])c([2H])c([2H])c([2H])c3[2H])cc2N4c2cccc3c4cccc(-n5c6ccc(C(C)(C)C)cc6c6cc(C(C)(C)C)ccc65)c4n(-c4ccccc4)c23)c([2H])c1[2H]. The van der Waals surface area contributed by atoms with Crippen molar-refractivity contribution in [3.05, 3.63) is 332 Å². The summed E-state index contributed by atoms with van der Waals surface area (Å²) in [6.45, 7) is 19.1. The first-order chi connectivity index (χ1) is 55.2. The van der Waals surface area contributed by atoms with Crippen molar-refractivity contribution in [1.29, 1.82) is 0 Å². The summed E-state index contributed by atoms with van der Waals surface area (Å²) in [5, 5.41) is 3.97. The normalized spacial score (nSPS) is 15.0. The molecule has 0 spiro atoms. The van der Waals surface area contributed by atoms with Crippen LogP contribution in [0.1, 0.15) is 99.6 Å². The number of benzene rings is 14. The van der Waals surface area contributed by atoms with E-state index in [2.05, 4.69) is 197 Å². The van der Waals surface area contributed by atoms with E-state index in [-0.39, 0.29) is 38.6 Å². The zero-order valence-electron chi connectivity index (χ0n) is 72.7. The third-order valence-corrected chi connectivity index (χ3v) is 20.6. The van der Waals surface area contributed by atoms with Crippen molar-refractivity contribution in [2.75, 3.05) is 9.80 Å². The van der Waals surface area contributed by atoms with Crippen LogP contribution in [-0.2, 0) is 16.2 Å². The molecule has 0 aliphatic carbocycles. The standard InChI is InChI=1S/C96H79BN4/c1-94(2,3)70-48-52-82-78(58-70)79-59-71(95(4,5)6)49-53-83(79)99(82)84-44-28-42-74-75-43-29-45-85(93(75)98(92(74)84)73-40-26-15-27-41-73)100-86-54-67(62-30-16-10-17-31-62)46-50-80(86)97-81-51-47-68(63-32-18-11-19-33-63)55-87(81)101(89-57-69(56-88(100)90(89)97)64-34-20-12-21-35-64)91-76(65-36-22-13-23-37-65)60-72(96(7,8)9)61-77(91)66-38-24-14-25-39-66/h10-61H,1-9H3/i10D,11D,12D,16D,17D,18D,19D,20D,21D,30D,31D,32D,33D,34D,35D. The van der Waals surface area contributed by atoms with Gasteiger partial charge in [0.2, 0.25) is 0 Å². The number of fused-ring (bicyclic) bond motifs is 10. The molecular formula is C96H79BN4. The average Bonchev–Trinajstić information content (AvgIpc) is 0.846. The first kappa shape index (κ1) is 47.4. The van der Waals surface area contributed by atoms with Crippen LogP contribution in [-0.4, -0.2) is 15.8 Å². The van der Waals surface area contributed by atoms with Crippen LogP contribution in [0, 0.1) is 0 Å². The second kappa shape index (κ2) is 23.5. The Kier molecular flexibility index (Phi) is 11.0. The van der Waals surface area contributed by atoms with E-state index in [1.165, 1.54) is 11.1 Å². The quantitative estimate of drug-likeness (QED) is 0.134. The van der Waals surface area contributed by atoms with E-state index < -0.39 is 103 Å². The maximum atomic E-state index is 10.0. The maximum Gasteiger partial charge on any atom is 0.252 e. The third-order valence-electron chi connectivity index (χ3n) is 20.6. The van der Waals surface area contributed by atoms with Crippen LogP contribution >= 0.6 is 0 Å². The van der Waals surface area contributed by atoms with Gasteiger partial charge in [0.05, 0.1) is 59.7 Å². The smallest absolute Gasteiger partial charge is 0.252 e. The summed E-state index contributed by atoms with van der Waals surface area (Å²) >= 11 is 0. The second-order valence-electron chi connectivity index (χ2n) is 29.8. The predicted octanol–water partition coefficient (Wildman–Crippen LogP) is 24.2. The molecule has 4 heterocycles. The lowest BCUT2D eigenvalue weighted by molar-refractivity contribution is 0.590. The molecular weight excluding hydrogens is 1220 g/mol. The van der Waals surface area contributed by atoms with Crippen molar-refractivity contribution in [2.24, 2.45) is 0 Å². The molecule has 5 heteroatoms. The molecule has 0 unspecified atom stereocenters. The zero-order chi connectivity index (χ0) is 81.7. The van der Waals surface area contributed by atoms with Crippen LogP contribution in [0.25, 0.3) is 111 Å². The van der Waals surface area contributed by atoms with E-state index in [1.54, 1.807) is 12.1 Å². The number of rotatable bonds is 9. The molecule has 16 aromatic rings. The molecule has 18 rings (SSSR count). The molecule has 0 N–H and O–H groups in total. The zero-order valence-corrected chi connectivity index (χ0v) is 57.7. The lowest BCUT2D eigenvalue weighted by Gasteiger charge is -2.45. The molecule has 2 aliphatic heterocycles. The largest absolute Gasteiger partial charge is 0.310 e. The Balaban J connectivity index is 1.05. The molecule has 486 valence electrons. The third kappa shape index (κ3) is 10.2. The fourth-order valence-electron chi connectivity index (χ4n) is 15.6. The van der Waals surface area contributed by atoms with E-state index in [0.29, 0.717) is 56.1 Å². The highest BCUT2D eigenvalue weighted by molar-refractivity contribution is 7.00. The molecule has 0 radical (unpaired) electrons. The van der Waals surface area contributed by atoms with E-state index in [1.807, 2.05) is 97.1 Å². The van der Waals surface area contributed by atoms with Gasteiger partial charge in [-0.05, 0) is 179 Å². The van der Waals surface area contributed by atoms with Crippen molar-refractivity contribution in [3.63, 3.8) is 0 Å². The molecule has 0 bridgehead atoms. The Morgan fingerprint density at radius 1 is 0.287 bits per heavy atom. The Morgan fingerprint density at radius 2 is 0.703 bits per heavy atom. The molecule has 0 fully saturated rings. The van der Waals surface area contributed by atoms with Crippen molar-refractivity contribution in [3.8, 4) is 67.0 Å². The highest BCUT2D eigenvalue weighted by Gasteiger charge is 2.46. The van der Waals surface area contributed by atoms with Gasteiger partial charge in [-0.2, -0.15) is 0 Å². The van der Waals surface area contributed by atoms with Gasteiger partial charge < -0.3 is 18.9 Å². The number of nitrogens with zero attached hydrogens (tertiary/aromatic N) is 4. The molecule has 0 amide bonds. The Bertz CT molecular complexity index is 6700. The number of hydrogen-bond acceptors (Lipinski definition) is 2. The number of anilines is 6. The summed E-state index contributed by atoms with van der Waals surface area (Å²) in [6, 6.07) is 68.6. The fourth-order valence-corrected chi connectivity index (χ4v) is 15.6. The Morgan fingerprint density at radius 3 is 1.18 bits per heavy atom. The van der Waals surface area contributed by atoms with Crippen molar-refractivity contribution in [2.45, 2.75) is 78.6 Å². The molecule has 0 saturated carbocycles. The maximum absolute atomic E-state index is 10.0. The summed E-state index contributed by atoms with van der Waals surface area (Å²) in [5.41, 5.74) is 17.1. The Labute approximate surface area is 614 Å².